The molecule has 2 rings (SSSR count). The molecule has 1 saturated heterocycles. The van der Waals surface area contributed by atoms with E-state index in [0.29, 0.717) is 25.3 Å². The largest absolute Gasteiger partial charge is 0.344 e. The average molecular weight is 288 g/mol. The molecule has 4 nitrogen and oxygen atoms in total. The van der Waals surface area contributed by atoms with E-state index in [1.165, 1.54) is 5.56 Å². The van der Waals surface area contributed by atoms with E-state index >= 15 is 0 Å². The van der Waals surface area contributed by atoms with Crippen molar-refractivity contribution in [3.05, 3.63) is 29.8 Å². The molecule has 4 heteroatoms. The number of rotatable bonds is 4. The van der Waals surface area contributed by atoms with Gasteiger partial charge in [0.15, 0.2) is 0 Å². The number of nitrogens with one attached hydrogen (secondary N) is 1. The number of hydrogen-bond donors (Lipinski definition) is 1. The summed E-state index contributed by atoms with van der Waals surface area (Å²) >= 11 is 0. The fourth-order valence-electron chi connectivity index (χ4n) is 2.67. The van der Waals surface area contributed by atoms with Crippen LogP contribution in [0.5, 0.6) is 0 Å². The molecule has 0 aromatic heterocycles. The van der Waals surface area contributed by atoms with Gasteiger partial charge < -0.3 is 10.2 Å². The predicted molar refractivity (Wildman–Crippen MR) is 84.2 cm³/mol. The smallest absolute Gasteiger partial charge is 0.249 e. The highest BCUT2D eigenvalue weighted by Crippen LogP contribution is 2.21. The van der Waals surface area contributed by atoms with Gasteiger partial charge in [0, 0.05) is 18.7 Å². The van der Waals surface area contributed by atoms with E-state index in [1.54, 1.807) is 4.90 Å². The third-order valence-electron chi connectivity index (χ3n) is 3.80. The summed E-state index contributed by atoms with van der Waals surface area (Å²) in [6, 6.07) is 7.60. The van der Waals surface area contributed by atoms with Gasteiger partial charge in [-0.2, -0.15) is 0 Å². The zero-order valence-electron chi connectivity index (χ0n) is 13.1. The molecule has 1 aromatic carbocycles. The number of nitrogens with zero attached hydrogens (tertiary/aromatic N) is 1. The van der Waals surface area contributed by atoms with Crippen LogP contribution in [0.1, 0.15) is 39.2 Å². The van der Waals surface area contributed by atoms with Gasteiger partial charge in [0.05, 0.1) is 0 Å². The Morgan fingerprint density at radius 2 is 2.10 bits per heavy atom. The monoisotopic (exact) mass is 288 g/mol. The van der Waals surface area contributed by atoms with Crippen molar-refractivity contribution in [2.24, 2.45) is 5.92 Å². The summed E-state index contributed by atoms with van der Waals surface area (Å²) in [5.41, 5.74) is 2.09. The second-order valence-electron chi connectivity index (χ2n) is 6.01. The lowest BCUT2D eigenvalue weighted by Gasteiger charge is -2.25. The van der Waals surface area contributed by atoms with E-state index in [2.05, 4.69) is 32.2 Å². The Labute approximate surface area is 126 Å². The molecule has 21 heavy (non-hydrogen) atoms. The molecule has 0 radical (unpaired) electrons. The maximum atomic E-state index is 12.7. The Bertz CT molecular complexity index is 525. The molecule has 1 aliphatic rings. The van der Waals surface area contributed by atoms with Crippen molar-refractivity contribution in [2.75, 3.05) is 11.4 Å². The van der Waals surface area contributed by atoms with E-state index in [9.17, 15) is 9.59 Å². The summed E-state index contributed by atoms with van der Waals surface area (Å²) in [5, 5.41) is 2.86. The number of amides is 2. The SMILES string of the molecule is CCc1cccc(N2CCC(=O)NC(CC(C)C)C2=O)c1. The van der Waals surface area contributed by atoms with Crippen LogP contribution in [0.3, 0.4) is 0 Å². The van der Waals surface area contributed by atoms with E-state index in [-0.39, 0.29) is 11.8 Å². The van der Waals surface area contributed by atoms with E-state index < -0.39 is 6.04 Å². The van der Waals surface area contributed by atoms with E-state index in [1.807, 2.05) is 18.2 Å². The average Bonchev–Trinajstić information content (AvgIpc) is 2.58. The molecule has 1 heterocycles. The van der Waals surface area contributed by atoms with E-state index in [4.69, 9.17) is 0 Å². The zero-order valence-corrected chi connectivity index (χ0v) is 13.1. The molecule has 1 N–H and O–H groups in total. The summed E-state index contributed by atoms with van der Waals surface area (Å²) in [6.07, 6.45) is 1.97. The number of carbonyl (C=O) groups excluding carboxylic acids is 2. The molecule has 0 spiro atoms. The minimum Gasteiger partial charge on any atom is -0.344 e. The van der Waals surface area contributed by atoms with E-state index in [0.717, 1.165) is 12.1 Å². The maximum absolute atomic E-state index is 12.7. The molecule has 0 saturated carbocycles. The zero-order chi connectivity index (χ0) is 15.4. The summed E-state index contributed by atoms with van der Waals surface area (Å²) < 4.78 is 0. The molecular weight excluding hydrogens is 264 g/mol. The normalized spacial score (nSPS) is 19.6. The standard InChI is InChI=1S/C17H24N2O2/c1-4-13-6-5-7-14(11-13)19-9-8-16(20)18-15(17(19)21)10-12(2)3/h5-7,11-12,15H,4,8-10H2,1-3H3,(H,18,20). The molecule has 0 aliphatic carbocycles. The molecule has 2 amide bonds. The number of anilines is 1. The van der Waals surface area contributed by atoms with Gasteiger partial charge in [0.1, 0.15) is 6.04 Å². The molecular formula is C17H24N2O2. The van der Waals surface area contributed by atoms with Crippen LogP contribution >= 0.6 is 0 Å². The van der Waals surface area contributed by atoms with Gasteiger partial charge in [-0.05, 0) is 36.5 Å². The van der Waals surface area contributed by atoms with Gasteiger partial charge in [-0.25, -0.2) is 0 Å². The summed E-state index contributed by atoms with van der Waals surface area (Å²) in [5.74, 6) is 0.326. The lowest BCUT2D eigenvalue weighted by molar-refractivity contribution is -0.125. The number of aryl methyl sites for hydroxylation is 1. The summed E-state index contributed by atoms with van der Waals surface area (Å²) in [7, 11) is 0. The first-order valence-electron chi connectivity index (χ1n) is 7.71. The van der Waals surface area contributed by atoms with Crippen molar-refractivity contribution < 1.29 is 9.59 Å². The van der Waals surface area contributed by atoms with Crippen molar-refractivity contribution >= 4 is 17.5 Å². The van der Waals surface area contributed by atoms with Gasteiger partial charge in [0.2, 0.25) is 11.8 Å². The minimum absolute atomic E-state index is 0.00260. The number of carbonyl (C=O) groups is 2. The number of hydrogen-bond acceptors (Lipinski definition) is 2. The first-order valence-corrected chi connectivity index (χ1v) is 7.71. The Morgan fingerprint density at radius 1 is 1.33 bits per heavy atom. The molecule has 1 atom stereocenters. The quantitative estimate of drug-likeness (QED) is 0.925. The molecule has 114 valence electrons. The predicted octanol–water partition coefficient (Wildman–Crippen LogP) is 2.52. The molecule has 1 fully saturated rings. The third kappa shape index (κ3) is 3.84. The van der Waals surface area contributed by atoms with Crippen LogP contribution in [0.4, 0.5) is 5.69 Å². The van der Waals surface area contributed by atoms with Crippen LogP contribution in [-0.4, -0.2) is 24.4 Å². The van der Waals surface area contributed by atoms with Gasteiger partial charge in [0.25, 0.3) is 0 Å². The van der Waals surface area contributed by atoms with Crippen molar-refractivity contribution in [1.29, 1.82) is 0 Å². The molecule has 0 bridgehead atoms. The van der Waals surface area contributed by atoms with Crippen molar-refractivity contribution in [3.8, 4) is 0 Å². The van der Waals surface area contributed by atoms with Gasteiger partial charge in [-0.1, -0.05) is 32.9 Å². The van der Waals surface area contributed by atoms with Crippen LogP contribution in [0.15, 0.2) is 24.3 Å². The summed E-state index contributed by atoms with van der Waals surface area (Å²) in [6.45, 7) is 6.67. The van der Waals surface area contributed by atoms with Crippen LogP contribution in [0.25, 0.3) is 0 Å². The van der Waals surface area contributed by atoms with Crippen LogP contribution in [-0.2, 0) is 16.0 Å². The summed E-state index contributed by atoms with van der Waals surface area (Å²) in [4.78, 5) is 26.3. The fourth-order valence-corrected chi connectivity index (χ4v) is 2.67. The van der Waals surface area contributed by atoms with Gasteiger partial charge in [-0.3, -0.25) is 9.59 Å². The Balaban J connectivity index is 2.27. The maximum Gasteiger partial charge on any atom is 0.249 e. The Hall–Kier alpha value is -1.84. The Morgan fingerprint density at radius 3 is 2.76 bits per heavy atom. The van der Waals surface area contributed by atoms with Crippen LogP contribution in [0.2, 0.25) is 0 Å². The minimum atomic E-state index is -0.412. The lowest BCUT2D eigenvalue weighted by Crippen LogP contribution is -2.45. The van der Waals surface area contributed by atoms with Gasteiger partial charge >= 0.3 is 0 Å². The highest BCUT2D eigenvalue weighted by molar-refractivity contribution is 6.01. The second kappa shape index (κ2) is 6.74. The molecule has 1 aliphatic heterocycles. The van der Waals surface area contributed by atoms with Crippen LogP contribution in [0, 0.1) is 5.92 Å². The highest BCUT2D eigenvalue weighted by Gasteiger charge is 2.31. The molecule has 1 aromatic rings. The van der Waals surface area contributed by atoms with Crippen molar-refractivity contribution in [1.82, 2.24) is 5.32 Å². The second-order valence-corrected chi connectivity index (χ2v) is 6.01. The molecule has 1 unspecified atom stereocenters. The lowest BCUT2D eigenvalue weighted by atomic mass is 10.0. The first-order chi connectivity index (χ1) is 10.0. The van der Waals surface area contributed by atoms with Gasteiger partial charge in [-0.15, -0.1) is 0 Å². The Kier molecular flexibility index (Phi) is 4.99. The number of benzene rings is 1. The van der Waals surface area contributed by atoms with Crippen molar-refractivity contribution in [2.45, 2.75) is 46.1 Å². The first kappa shape index (κ1) is 15.5. The van der Waals surface area contributed by atoms with Crippen molar-refractivity contribution in [3.63, 3.8) is 0 Å². The fraction of sp³-hybridized carbons (Fsp3) is 0.529. The highest BCUT2D eigenvalue weighted by atomic mass is 16.2. The topological polar surface area (TPSA) is 49.4 Å². The van der Waals surface area contributed by atoms with Crippen LogP contribution < -0.4 is 10.2 Å². The third-order valence-corrected chi connectivity index (χ3v) is 3.80.